The van der Waals surface area contributed by atoms with E-state index in [1.54, 1.807) is 53.8 Å². The zero-order valence-corrected chi connectivity index (χ0v) is 19.5. The average molecular weight is 463 g/mol. The Kier molecular flexibility index (Phi) is 6.26. The number of hydrogen-bond acceptors (Lipinski definition) is 6. The Labute approximate surface area is 196 Å². The van der Waals surface area contributed by atoms with Gasteiger partial charge in [-0.1, -0.05) is 12.1 Å². The number of anilines is 1. The lowest BCUT2D eigenvalue weighted by Gasteiger charge is -2.07. The lowest BCUT2D eigenvalue weighted by Crippen LogP contribution is -2.12. The molecule has 1 aromatic carbocycles. The molecule has 0 fully saturated rings. The first-order valence-electron chi connectivity index (χ1n) is 10.9. The van der Waals surface area contributed by atoms with Crippen molar-refractivity contribution in [1.82, 2.24) is 29.3 Å². The highest BCUT2D eigenvalue weighted by atomic mass is 16.6. The van der Waals surface area contributed by atoms with Crippen LogP contribution in [0.5, 0.6) is 0 Å². The van der Waals surface area contributed by atoms with E-state index in [1.165, 1.54) is 0 Å². The van der Waals surface area contributed by atoms with Crippen molar-refractivity contribution in [3.05, 3.63) is 86.7 Å². The molecule has 4 rings (SSSR count). The molecule has 0 atom stereocenters. The molecule has 4 aromatic rings. The van der Waals surface area contributed by atoms with Crippen LogP contribution < -0.4 is 5.32 Å². The van der Waals surface area contributed by atoms with Gasteiger partial charge in [-0.25, -0.2) is 0 Å². The predicted octanol–water partition coefficient (Wildman–Crippen LogP) is 3.48. The highest BCUT2D eigenvalue weighted by Crippen LogP contribution is 2.23. The first-order valence-corrected chi connectivity index (χ1v) is 10.9. The van der Waals surface area contributed by atoms with E-state index in [0.717, 1.165) is 23.4 Å². The molecule has 0 saturated heterocycles. The second-order valence-corrected chi connectivity index (χ2v) is 8.09. The molecule has 3 heterocycles. The second kappa shape index (κ2) is 9.30. The molecule has 176 valence electrons. The summed E-state index contributed by atoms with van der Waals surface area (Å²) in [6.07, 6.45) is 5.22. The molecule has 0 radical (unpaired) electrons. The molecular weight excluding hydrogens is 436 g/mol. The lowest BCUT2D eigenvalue weighted by molar-refractivity contribution is -0.386. The van der Waals surface area contributed by atoms with Crippen LogP contribution in [0, 0.1) is 30.9 Å². The van der Waals surface area contributed by atoms with Crippen LogP contribution >= 0.6 is 0 Å². The SMILES string of the molecule is CCn1ncc(Cn2cc(NC(=O)c3cccc(Cn4nc(C)c([N+](=O)[O-])c4C)c3)cn2)c1C. The number of aromatic nitrogens is 6. The minimum Gasteiger partial charge on any atom is -0.319 e. The maximum atomic E-state index is 12.8. The number of hydrogen-bond donors (Lipinski definition) is 1. The molecule has 1 amide bonds. The summed E-state index contributed by atoms with van der Waals surface area (Å²) in [5.74, 6) is -0.268. The molecular formula is C23H26N8O3. The zero-order chi connectivity index (χ0) is 24.4. The summed E-state index contributed by atoms with van der Waals surface area (Å²) in [5.41, 5.74) is 4.89. The normalized spacial score (nSPS) is 11.1. The summed E-state index contributed by atoms with van der Waals surface area (Å²) >= 11 is 0. The van der Waals surface area contributed by atoms with Gasteiger partial charge in [0.15, 0.2) is 0 Å². The number of amides is 1. The van der Waals surface area contributed by atoms with E-state index in [1.807, 2.05) is 30.8 Å². The lowest BCUT2D eigenvalue weighted by atomic mass is 10.1. The minimum atomic E-state index is -0.421. The van der Waals surface area contributed by atoms with E-state index in [-0.39, 0.29) is 11.6 Å². The summed E-state index contributed by atoms with van der Waals surface area (Å²) in [7, 11) is 0. The maximum Gasteiger partial charge on any atom is 0.312 e. The van der Waals surface area contributed by atoms with Gasteiger partial charge in [0.1, 0.15) is 11.4 Å². The number of rotatable bonds is 8. The number of benzene rings is 1. The van der Waals surface area contributed by atoms with Gasteiger partial charge in [0.25, 0.3) is 5.91 Å². The average Bonchev–Trinajstić information content (AvgIpc) is 3.46. The van der Waals surface area contributed by atoms with Crippen LogP contribution in [0.4, 0.5) is 11.4 Å². The largest absolute Gasteiger partial charge is 0.319 e. The molecule has 34 heavy (non-hydrogen) atoms. The van der Waals surface area contributed by atoms with Gasteiger partial charge in [-0.2, -0.15) is 15.3 Å². The Morgan fingerprint density at radius 3 is 2.56 bits per heavy atom. The van der Waals surface area contributed by atoms with E-state index in [2.05, 4.69) is 20.6 Å². The van der Waals surface area contributed by atoms with E-state index in [9.17, 15) is 14.9 Å². The zero-order valence-electron chi connectivity index (χ0n) is 19.5. The van der Waals surface area contributed by atoms with Gasteiger partial charge < -0.3 is 5.32 Å². The van der Waals surface area contributed by atoms with Crippen LogP contribution in [0.15, 0.2) is 42.9 Å². The Morgan fingerprint density at radius 1 is 1.09 bits per heavy atom. The molecule has 0 aliphatic carbocycles. The van der Waals surface area contributed by atoms with Crippen molar-refractivity contribution in [2.24, 2.45) is 0 Å². The van der Waals surface area contributed by atoms with Gasteiger partial charge in [0.05, 0.1) is 36.1 Å². The molecule has 1 N–H and O–H groups in total. The summed E-state index contributed by atoms with van der Waals surface area (Å²) in [6.45, 7) is 9.04. The molecule has 11 nitrogen and oxygen atoms in total. The molecule has 0 bridgehead atoms. The number of nitro groups is 1. The van der Waals surface area contributed by atoms with Crippen molar-refractivity contribution in [2.75, 3.05) is 5.32 Å². The number of aryl methyl sites for hydroxylation is 2. The fraction of sp³-hybridized carbons (Fsp3) is 0.304. The summed E-state index contributed by atoms with van der Waals surface area (Å²) in [6, 6.07) is 7.11. The third-order valence-corrected chi connectivity index (χ3v) is 5.78. The van der Waals surface area contributed by atoms with Crippen molar-refractivity contribution < 1.29 is 9.72 Å². The quantitative estimate of drug-likeness (QED) is 0.316. The molecule has 0 unspecified atom stereocenters. The predicted molar refractivity (Wildman–Crippen MR) is 126 cm³/mol. The Balaban J connectivity index is 1.44. The number of carbonyl (C=O) groups is 1. The summed E-state index contributed by atoms with van der Waals surface area (Å²) < 4.78 is 5.27. The van der Waals surface area contributed by atoms with E-state index < -0.39 is 4.92 Å². The third-order valence-electron chi connectivity index (χ3n) is 5.78. The fourth-order valence-corrected chi connectivity index (χ4v) is 3.94. The smallest absolute Gasteiger partial charge is 0.312 e. The van der Waals surface area contributed by atoms with Gasteiger partial charge in [0, 0.05) is 29.6 Å². The van der Waals surface area contributed by atoms with Gasteiger partial charge in [0.2, 0.25) is 0 Å². The van der Waals surface area contributed by atoms with E-state index >= 15 is 0 Å². The summed E-state index contributed by atoms with van der Waals surface area (Å²) in [4.78, 5) is 23.7. The van der Waals surface area contributed by atoms with Crippen molar-refractivity contribution in [1.29, 1.82) is 0 Å². The second-order valence-electron chi connectivity index (χ2n) is 8.09. The third kappa shape index (κ3) is 4.58. The van der Waals surface area contributed by atoms with Crippen molar-refractivity contribution in [3.63, 3.8) is 0 Å². The van der Waals surface area contributed by atoms with Crippen molar-refractivity contribution >= 4 is 17.3 Å². The van der Waals surface area contributed by atoms with Crippen molar-refractivity contribution in [3.8, 4) is 0 Å². The number of carbonyl (C=O) groups excluding carboxylic acids is 1. The monoisotopic (exact) mass is 462 g/mol. The molecule has 0 aliphatic rings. The van der Waals surface area contributed by atoms with Crippen LogP contribution in [-0.4, -0.2) is 40.2 Å². The Morgan fingerprint density at radius 2 is 1.88 bits per heavy atom. The van der Waals surface area contributed by atoms with Crippen LogP contribution in [-0.2, 0) is 19.6 Å². The highest BCUT2D eigenvalue weighted by molar-refractivity contribution is 6.04. The molecule has 11 heteroatoms. The first kappa shape index (κ1) is 22.9. The van der Waals surface area contributed by atoms with E-state index in [0.29, 0.717) is 35.7 Å². The van der Waals surface area contributed by atoms with Gasteiger partial charge in [-0.05, 0) is 45.4 Å². The van der Waals surface area contributed by atoms with Crippen LogP contribution in [0.3, 0.4) is 0 Å². The fourth-order valence-electron chi connectivity index (χ4n) is 3.94. The van der Waals surface area contributed by atoms with Crippen LogP contribution in [0.25, 0.3) is 0 Å². The topological polar surface area (TPSA) is 126 Å². The minimum absolute atomic E-state index is 0.0168. The molecule has 3 aromatic heterocycles. The Bertz CT molecular complexity index is 1360. The summed E-state index contributed by atoms with van der Waals surface area (Å²) in [5, 5.41) is 27.1. The molecule has 0 saturated carbocycles. The maximum absolute atomic E-state index is 12.8. The standard InChI is InChI=1S/C23H26N8O3/c1-5-29-16(3)20(10-25-29)13-28-14-21(11-24-28)26-23(32)19-8-6-7-18(9-19)12-30-17(4)22(31(33)34)15(2)27-30/h6-11,14H,5,12-13H2,1-4H3,(H,26,32). The van der Waals surface area contributed by atoms with Crippen LogP contribution in [0.1, 0.15) is 45.5 Å². The first-order chi connectivity index (χ1) is 16.3. The Hall–Kier alpha value is -4.28. The number of nitrogens with zero attached hydrogens (tertiary/aromatic N) is 7. The van der Waals surface area contributed by atoms with Crippen LogP contribution in [0.2, 0.25) is 0 Å². The van der Waals surface area contributed by atoms with Crippen molar-refractivity contribution in [2.45, 2.75) is 47.3 Å². The van der Waals surface area contributed by atoms with Gasteiger partial charge in [-0.3, -0.25) is 29.0 Å². The molecule has 0 spiro atoms. The highest BCUT2D eigenvalue weighted by Gasteiger charge is 2.22. The van der Waals surface area contributed by atoms with Gasteiger partial charge in [-0.15, -0.1) is 0 Å². The van der Waals surface area contributed by atoms with Gasteiger partial charge >= 0.3 is 5.69 Å². The molecule has 0 aliphatic heterocycles. The number of nitrogens with one attached hydrogen (secondary N) is 1. The van der Waals surface area contributed by atoms with E-state index in [4.69, 9.17) is 0 Å².